The van der Waals surface area contributed by atoms with Crippen molar-refractivity contribution in [2.75, 3.05) is 40.5 Å². The van der Waals surface area contributed by atoms with E-state index in [1.54, 1.807) is 14.2 Å². The Hall–Kier alpha value is 0.0169. The molecule has 21 heavy (non-hydrogen) atoms. The Morgan fingerprint density at radius 3 is 2.57 bits per heavy atom. The molecule has 1 rings (SSSR count). The first-order chi connectivity index (χ1) is 10.0. The number of nitrogens with zero attached hydrogens (tertiary/aromatic N) is 1. The molecule has 1 aliphatic rings. The lowest BCUT2D eigenvalue weighted by Gasteiger charge is -2.36. The highest BCUT2D eigenvalue weighted by Gasteiger charge is 2.42. The fourth-order valence-corrected chi connectivity index (χ4v) is 4.88. The Labute approximate surface area is 131 Å². The molecule has 1 unspecified atom stereocenters. The van der Waals surface area contributed by atoms with Crippen LogP contribution in [0.1, 0.15) is 40.0 Å². The van der Waals surface area contributed by atoms with Crippen LogP contribution in [0.4, 0.5) is 0 Å². The zero-order valence-corrected chi connectivity index (χ0v) is 15.4. The molecule has 0 spiro atoms. The zero-order valence-electron chi connectivity index (χ0n) is 14.4. The van der Waals surface area contributed by atoms with Crippen LogP contribution >= 0.6 is 0 Å². The van der Waals surface area contributed by atoms with E-state index < -0.39 is 8.80 Å². The summed E-state index contributed by atoms with van der Waals surface area (Å²) in [4.78, 5) is 2.49. The van der Waals surface area contributed by atoms with Crippen LogP contribution in [0.15, 0.2) is 0 Å². The summed E-state index contributed by atoms with van der Waals surface area (Å²) in [5, 5.41) is 0. The largest absolute Gasteiger partial charge is 0.500 e. The average Bonchev–Trinajstić information content (AvgIpc) is 2.45. The molecule has 5 nitrogen and oxygen atoms in total. The first-order valence-electron chi connectivity index (χ1n) is 8.17. The second-order valence-corrected chi connectivity index (χ2v) is 8.83. The zero-order chi connectivity index (χ0) is 15.7. The van der Waals surface area contributed by atoms with Gasteiger partial charge in [0.15, 0.2) is 0 Å². The van der Waals surface area contributed by atoms with Crippen LogP contribution in [0.25, 0.3) is 0 Å². The lowest BCUT2D eigenvalue weighted by atomic mass is 10.2. The maximum atomic E-state index is 6.22. The fraction of sp³-hybridized carbons (Fsp3) is 1.00. The lowest BCUT2D eigenvalue weighted by molar-refractivity contribution is 0.0197. The Balaban J connectivity index is 2.45. The highest BCUT2D eigenvalue weighted by molar-refractivity contribution is 6.60. The van der Waals surface area contributed by atoms with Crippen LogP contribution in [0.2, 0.25) is 6.04 Å². The minimum Gasteiger partial charge on any atom is -0.379 e. The summed E-state index contributed by atoms with van der Waals surface area (Å²) < 4.78 is 23.1. The third kappa shape index (κ3) is 6.75. The van der Waals surface area contributed by atoms with E-state index in [0.717, 1.165) is 51.5 Å². The smallest absolute Gasteiger partial charge is 0.379 e. The van der Waals surface area contributed by atoms with Crippen molar-refractivity contribution in [1.82, 2.24) is 4.90 Å². The molecule has 0 amide bonds. The minimum absolute atomic E-state index is 0.197. The molecule has 0 aromatic heterocycles. The molecule has 1 aliphatic heterocycles. The van der Waals surface area contributed by atoms with Crippen LogP contribution in [0, 0.1) is 0 Å². The van der Waals surface area contributed by atoms with Gasteiger partial charge in [0, 0.05) is 40.0 Å². The topological polar surface area (TPSA) is 40.2 Å². The molecule has 0 bridgehead atoms. The van der Waals surface area contributed by atoms with Crippen LogP contribution < -0.4 is 0 Å². The Bertz CT molecular complexity index is 274. The van der Waals surface area contributed by atoms with Crippen molar-refractivity contribution in [2.24, 2.45) is 0 Å². The molecule has 1 heterocycles. The predicted octanol–water partition coefficient (Wildman–Crippen LogP) is 2.53. The maximum Gasteiger partial charge on any atom is 0.500 e. The van der Waals surface area contributed by atoms with Gasteiger partial charge in [0.1, 0.15) is 0 Å². The quantitative estimate of drug-likeness (QED) is 0.508. The van der Waals surface area contributed by atoms with Gasteiger partial charge in [0.05, 0.1) is 12.2 Å². The third-order valence-corrected chi connectivity index (χ3v) is 6.81. The SMILES string of the molecule is CCC1CN(CCCOC(C)C)CCC[Si](OC)(OC)O1. The van der Waals surface area contributed by atoms with Gasteiger partial charge in [-0.25, -0.2) is 0 Å². The van der Waals surface area contributed by atoms with E-state index in [0.29, 0.717) is 6.10 Å². The van der Waals surface area contributed by atoms with Crippen LogP contribution in [-0.4, -0.2) is 66.4 Å². The second kappa shape index (κ2) is 9.92. The van der Waals surface area contributed by atoms with Gasteiger partial charge in [-0.15, -0.1) is 0 Å². The number of hydrogen-bond donors (Lipinski definition) is 0. The minimum atomic E-state index is -2.43. The number of hydrogen-bond acceptors (Lipinski definition) is 5. The molecule has 0 aromatic rings. The molecule has 1 saturated heterocycles. The first-order valence-corrected chi connectivity index (χ1v) is 10.1. The van der Waals surface area contributed by atoms with Gasteiger partial charge in [-0.3, -0.25) is 0 Å². The summed E-state index contributed by atoms with van der Waals surface area (Å²) >= 11 is 0. The standard InChI is InChI=1S/C15H33NO4Si/c1-6-15-13-16(9-7-11-19-14(2)3)10-8-12-21(17-4,18-5)20-15/h14-15H,6-13H2,1-5H3. The van der Waals surface area contributed by atoms with Crippen molar-refractivity contribution in [1.29, 1.82) is 0 Å². The third-order valence-electron chi connectivity index (χ3n) is 3.91. The van der Waals surface area contributed by atoms with Crippen LogP contribution in [0.5, 0.6) is 0 Å². The summed E-state index contributed by atoms with van der Waals surface area (Å²) in [6.07, 6.45) is 3.64. The van der Waals surface area contributed by atoms with Crippen molar-refractivity contribution in [2.45, 2.75) is 58.3 Å². The van der Waals surface area contributed by atoms with Gasteiger partial charge in [-0.2, -0.15) is 0 Å². The van der Waals surface area contributed by atoms with Crippen LogP contribution in [0.3, 0.4) is 0 Å². The number of rotatable bonds is 8. The monoisotopic (exact) mass is 319 g/mol. The molecule has 1 atom stereocenters. The van der Waals surface area contributed by atoms with E-state index in [2.05, 4.69) is 25.7 Å². The molecule has 1 fully saturated rings. The normalized spacial score (nSPS) is 24.0. The van der Waals surface area contributed by atoms with Crippen LogP contribution in [-0.2, 0) is 18.0 Å². The van der Waals surface area contributed by atoms with E-state index in [-0.39, 0.29) is 6.10 Å². The van der Waals surface area contributed by atoms with Gasteiger partial charge >= 0.3 is 8.80 Å². The van der Waals surface area contributed by atoms with Gasteiger partial charge in [-0.05, 0) is 39.7 Å². The van der Waals surface area contributed by atoms with E-state index in [9.17, 15) is 0 Å². The molecular formula is C15H33NO4Si. The lowest BCUT2D eigenvalue weighted by Crippen LogP contribution is -2.51. The molecule has 0 aromatic carbocycles. The maximum absolute atomic E-state index is 6.22. The summed E-state index contributed by atoms with van der Waals surface area (Å²) in [6, 6.07) is 0.898. The summed E-state index contributed by atoms with van der Waals surface area (Å²) in [5.41, 5.74) is 0. The van der Waals surface area contributed by atoms with Crippen molar-refractivity contribution >= 4 is 8.80 Å². The first kappa shape index (κ1) is 19.1. The van der Waals surface area contributed by atoms with E-state index in [4.69, 9.17) is 18.0 Å². The number of ether oxygens (including phenoxy) is 1. The summed E-state index contributed by atoms with van der Waals surface area (Å²) in [5.74, 6) is 0. The van der Waals surface area contributed by atoms with Crippen molar-refractivity contribution in [3.05, 3.63) is 0 Å². The Kier molecular flexibility index (Phi) is 9.00. The molecule has 6 heteroatoms. The summed E-state index contributed by atoms with van der Waals surface area (Å²) in [7, 11) is 0.996. The second-order valence-electron chi connectivity index (χ2n) is 5.92. The van der Waals surface area contributed by atoms with Gasteiger partial charge in [-0.1, -0.05) is 6.92 Å². The molecular weight excluding hydrogens is 286 g/mol. The summed E-state index contributed by atoms with van der Waals surface area (Å²) in [6.45, 7) is 10.3. The highest BCUT2D eigenvalue weighted by Crippen LogP contribution is 2.23. The molecule has 0 saturated carbocycles. The van der Waals surface area contributed by atoms with Gasteiger partial charge in [0.2, 0.25) is 0 Å². The Morgan fingerprint density at radius 1 is 1.29 bits per heavy atom. The van der Waals surface area contributed by atoms with Crippen molar-refractivity contribution in [3.63, 3.8) is 0 Å². The van der Waals surface area contributed by atoms with E-state index in [1.165, 1.54) is 0 Å². The van der Waals surface area contributed by atoms with E-state index >= 15 is 0 Å². The van der Waals surface area contributed by atoms with Gasteiger partial charge < -0.3 is 22.9 Å². The van der Waals surface area contributed by atoms with Crippen molar-refractivity contribution < 1.29 is 18.0 Å². The van der Waals surface area contributed by atoms with Crippen molar-refractivity contribution in [3.8, 4) is 0 Å². The Morgan fingerprint density at radius 2 is 2.00 bits per heavy atom. The van der Waals surface area contributed by atoms with E-state index in [1.807, 2.05) is 0 Å². The predicted molar refractivity (Wildman–Crippen MR) is 86.5 cm³/mol. The molecule has 0 N–H and O–H groups in total. The van der Waals surface area contributed by atoms with Gasteiger partial charge in [0.25, 0.3) is 0 Å². The average molecular weight is 320 g/mol. The fourth-order valence-electron chi connectivity index (χ4n) is 2.65. The molecule has 0 radical (unpaired) electrons. The highest BCUT2D eigenvalue weighted by atomic mass is 28.4. The molecule has 0 aliphatic carbocycles. The molecule has 126 valence electrons.